The van der Waals surface area contributed by atoms with E-state index >= 15 is 0 Å². The number of halogens is 2. The highest BCUT2D eigenvalue weighted by molar-refractivity contribution is 9.09. The molecule has 0 aliphatic carbocycles. The normalized spacial score (nSPS) is 12.5. The number of furan rings is 1. The summed E-state index contributed by atoms with van der Waals surface area (Å²) in [7, 11) is 0. The maximum atomic E-state index is 11.6. The third-order valence-electron chi connectivity index (χ3n) is 2.08. The van der Waals surface area contributed by atoms with Crippen molar-refractivity contribution in [1.29, 1.82) is 0 Å². The molecule has 1 heterocycles. The van der Waals surface area contributed by atoms with Gasteiger partial charge in [-0.25, -0.2) is 0 Å². The molecule has 3 nitrogen and oxygen atoms in total. The van der Waals surface area contributed by atoms with Crippen LogP contribution < -0.4 is 5.32 Å². The molecule has 1 aromatic rings. The lowest BCUT2D eigenvalue weighted by atomic mass is 10.1. The zero-order valence-corrected chi connectivity index (χ0v) is 10.8. The van der Waals surface area contributed by atoms with E-state index < -0.39 is 0 Å². The van der Waals surface area contributed by atoms with Crippen molar-refractivity contribution < 1.29 is 9.21 Å². The summed E-state index contributed by atoms with van der Waals surface area (Å²) in [6.45, 7) is 2.73. The fraction of sp³-hybridized carbons (Fsp3) is 0.500. The third kappa shape index (κ3) is 3.87. The second-order valence-electron chi connectivity index (χ2n) is 3.40. The van der Waals surface area contributed by atoms with Crippen LogP contribution in [-0.4, -0.2) is 17.8 Å². The summed E-state index contributed by atoms with van der Waals surface area (Å²) in [5.41, 5.74) is 0.391. The maximum Gasteiger partial charge on any atom is 0.256 e. The van der Waals surface area contributed by atoms with Crippen LogP contribution in [0.3, 0.4) is 0 Å². The predicted octanol–water partition coefficient (Wildman–Crippen LogP) is 3.08. The van der Waals surface area contributed by atoms with Crippen LogP contribution in [0.15, 0.2) is 16.7 Å². The summed E-state index contributed by atoms with van der Waals surface area (Å²) in [6, 6.07) is 1.56. The molecule has 1 rings (SSSR count). The monoisotopic (exact) mass is 293 g/mol. The number of carbonyl (C=O) groups is 1. The maximum absolute atomic E-state index is 11.6. The SMILES string of the molecule is CC(CCBr)CNC(=O)c1ccoc1Cl. The number of amides is 1. The standard InChI is InChI=1S/C10H13BrClNO2/c1-7(2-4-11)6-13-10(14)8-3-5-15-9(8)12/h3,5,7H,2,4,6H2,1H3,(H,13,14). The highest BCUT2D eigenvalue weighted by Gasteiger charge is 2.13. The lowest BCUT2D eigenvalue weighted by Gasteiger charge is -2.10. The van der Waals surface area contributed by atoms with E-state index in [1.807, 2.05) is 0 Å². The van der Waals surface area contributed by atoms with Crippen LogP contribution in [0.25, 0.3) is 0 Å². The Morgan fingerprint density at radius 2 is 2.47 bits per heavy atom. The highest BCUT2D eigenvalue weighted by Crippen LogP contribution is 2.16. The zero-order chi connectivity index (χ0) is 11.3. The van der Waals surface area contributed by atoms with Gasteiger partial charge in [0.15, 0.2) is 0 Å². The number of rotatable bonds is 5. The van der Waals surface area contributed by atoms with E-state index in [-0.39, 0.29) is 11.1 Å². The second-order valence-corrected chi connectivity index (χ2v) is 4.54. The van der Waals surface area contributed by atoms with Gasteiger partial charge in [0, 0.05) is 11.9 Å². The lowest BCUT2D eigenvalue weighted by molar-refractivity contribution is 0.0947. The van der Waals surface area contributed by atoms with Gasteiger partial charge >= 0.3 is 0 Å². The van der Waals surface area contributed by atoms with Gasteiger partial charge in [-0.3, -0.25) is 4.79 Å². The van der Waals surface area contributed by atoms with Crippen molar-refractivity contribution in [3.05, 3.63) is 23.1 Å². The first kappa shape index (κ1) is 12.6. The first-order chi connectivity index (χ1) is 7.15. The van der Waals surface area contributed by atoms with Crippen LogP contribution in [-0.2, 0) is 0 Å². The molecule has 0 fully saturated rings. The molecule has 1 amide bonds. The van der Waals surface area contributed by atoms with Gasteiger partial charge in [-0.1, -0.05) is 22.9 Å². The van der Waals surface area contributed by atoms with E-state index in [9.17, 15) is 4.79 Å². The van der Waals surface area contributed by atoms with E-state index in [2.05, 4.69) is 28.2 Å². The van der Waals surface area contributed by atoms with Gasteiger partial charge in [-0.2, -0.15) is 0 Å². The predicted molar refractivity (Wildman–Crippen MR) is 63.6 cm³/mol. The molecular formula is C10H13BrClNO2. The molecule has 15 heavy (non-hydrogen) atoms. The van der Waals surface area contributed by atoms with E-state index in [4.69, 9.17) is 16.0 Å². The van der Waals surface area contributed by atoms with Gasteiger partial charge in [0.25, 0.3) is 5.91 Å². The van der Waals surface area contributed by atoms with E-state index in [0.717, 1.165) is 11.8 Å². The summed E-state index contributed by atoms with van der Waals surface area (Å²) in [4.78, 5) is 11.6. The van der Waals surface area contributed by atoms with E-state index in [1.165, 1.54) is 6.26 Å². The number of hydrogen-bond donors (Lipinski definition) is 1. The number of carbonyl (C=O) groups excluding carboxylic acids is 1. The van der Waals surface area contributed by atoms with E-state index in [0.29, 0.717) is 18.0 Å². The summed E-state index contributed by atoms with van der Waals surface area (Å²) >= 11 is 9.03. The average molecular weight is 295 g/mol. The van der Waals surface area contributed by atoms with Crippen molar-refractivity contribution in [1.82, 2.24) is 5.32 Å². The minimum Gasteiger partial charge on any atom is -0.452 e. The van der Waals surface area contributed by atoms with Gasteiger partial charge in [0.1, 0.15) is 0 Å². The molecule has 1 unspecified atom stereocenters. The molecule has 1 aromatic heterocycles. The van der Waals surface area contributed by atoms with Crippen molar-refractivity contribution >= 4 is 33.4 Å². The zero-order valence-electron chi connectivity index (χ0n) is 8.43. The van der Waals surface area contributed by atoms with Crippen LogP contribution in [0, 0.1) is 5.92 Å². The Kier molecular flexibility index (Phi) is 5.19. The first-order valence-corrected chi connectivity index (χ1v) is 6.22. The minimum absolute atomic E-state index is 0.139. The molecule has 5 heteroatoms. The van der Waals surface area contributed by atoms with Gasteiger partial charge < -0.3 is 9.73 Å². The Balaban J connectivity index is 2.40. The largest absolute Gasteiger partial charge is 0.452 e. The topological polar surface area (TPSA) is 42.2 Å². The van der Waals surface area contributed by atoms with Gasteiger partial charge in [-0.15, -0.1) is 0 Å². The Morgan fingerprint density at radius 1 is 1.73 bits per heavy atom. The van der Waals surface area contributed by atoms with Crippen LogP contribution >= 0.6 is 27.5 Å². The second kappa shape index (κ2) is 6.18. The van der Waals surface area contributed by atoms with Gasteiger partial charge in [0.05, 0.1) is 11.8 Å². The quantitative estimate of drug-likeness (QED) is 0.848. The fourth-order valence-corrected chi connectivity index (χ4v) is 2.09. The van der Waals surface area contributed by atoms with Gasteiger partial charge in [-0.05, 0) is 30.0 Å². The van der Waals surface area contributed by atoms with Gasteiger partial charge in [0.2, 0.25) is 5.22 Å². The molecule has 0 aliphatic heterocycles. The molecule has 1 N–H and O–H groups in total. The lowest BCUT2D eigenvalue weighted by Crippen LogP contribution is -2.28. The Morgan fingerprint density at radius 3 is 3.00 bits per heavy atom. The molecule has 0 spiro atoms. The average Bonchev–Trinajstić information content (AvgIpc) is 2.61. The minimum atomic E-state index is -0.185. The molecule has 0 bridgehead atoms. The molecule has 0 saturated carbocycles. The molecule has 0 radical (unpaired) electrons. The fourth-order valence-electron chi connectivity index (χ4n) is 1.11. The highest BCUT2D eigenvalue weighted by atomic mass is 79.9. The van der Waals surface area contributed by atoms with Crippen molar-refractivity contribution in [3.63, 3.8) is 0 Å². The first-order valence-electron chi connectivity index (χ1n) is 4.72. The van der Waals surface area contributed by atoms with Crippen LogP contribution in [0.2, 0.25) is 5.22 Å². The Labute approximate surface area is 102 Å². The molecule has 84 valence electrons. The van der Waals surface area contributed by atoms with Crippen LogP contribution in [0.5, 0.6) is 0 Å². The summed E-state index contributed by atoms with van der Waals surface area (Å²) < 4.78 is 4.84. The van der Waals surface area contributed by atoms with Crippen molar-refractivity contribution in [2.75, 3.05) is 11.9 Å². The number of alkyl halides is 1. The summed E-state index contributed by atoms with van der Waals surface area (Å²) in [6.07, 6.45) is 2.43. The molecular weight excluding hydrogens is 281 g/mol. The Hall–Kier alpha value is -0.480. The molecule has 0 aromatic carbocycles. The smallest absolute Gasteiger partial charge is 0.256 e. The number of hydrogen-bond acceptors (Lipinski definition) is 2. The van der Waals surface area contributed by atoms with Crippen molar-refractivity contribution in [3.8, 4) is 0 Å². The third-order valence-corrected chi connectivity index (χ3v) is 2.83. The van der Waals surface area contributed by atoms with E-state index in [1.54, 1.807) is 6.07 Å². The molecule has 0 aliphatic rings. The van der Waals surface area contributed by atoms with Crippen molar-refractivity contribution in [2.45, 2.75) is 13.3 Å². The number of nitrogens with one attached hydrogen (secondary N) is 1. The molecule has 1 atom stereocenters. The van der Waals surface area contributed by atoms with Crippen LogP contribution in [0.4, 0.5) is 0 Å². The van der Waals surface area contributed by atoms with Crippen LogP contribution in [0.1, 0.15) is 23.7 Å². The Bertz CT molecular complexity index is 327. The summed E-state index contributed by atoms with van der Waals surface area (Å²) in [5.74, 6) is 0.258. The van der Waals surface area contributed by atoms with Crippen molar-refractivity contribution in [2.24, 2.45) is 5.92 Å². The summed E-state index contributed by atoms with van der Waals surface area (Å²) in [5, 5.41) is 3.89. The molecule has 0 saturated heterocycles.